The van der Waals surface area contributed by atoms with Gasteiger partial charge < -0.3 is 10.1 Å². The molecule has 0 unspecified atom stereocenters. The highest BCUT2D eigenvalue weighted by Crippen LogP contribution is 2.34. The van der Waals surface area contributed by atoms with Gasteiger partial charge in [-0.05, 0) is 44.7 Å². The summed E-state index contributed by atoms with van der Waals surface area (Å²) in [6.07, 6.45) is 5.67. The SMILES string of the molecule is CC(C)(CN[C@H](Cc1ccccn1)C1CC1)N1CCOCC1. The van der Waals surface area contributed by atoms with Crippen LogP contribution in [-0.4, -0.2) is 54.3 Å². The van der Waals surface area contributed by atoms with Crippen LogP contribution in [0.25, 0.3) is 0 Å². The highest BCUT2D eigenvalue weighted by atomic mass is 16.5. The first-order chi connectivity index (χ1) is 10.6. The third kappa shape index (κ3) is 4.28. The molecule has 1 aliphatic heterocycles. The quantitative estimate of drug-likeness (QED) is 0.837. The van der Waals surface area contributed by atoms with Crippen molar-refractivity contribution in [2.75, 3.05) is 32.8 Å². The summed E-state index contributed by atoms with van der Waals surface area (Å²) in [6, 6.07) is 6.79. The van der Waals surface area contributed by atoms with Crippen LogP contribution in [0.3, 0.4) is 0 Å². The number of morpholine rings is 1. The number of pyridine rings is 1. The molecular weight excluding hydrogens is 274 g/mol. The Bertz CT molecular complexity index is 453. The first-order valence-electron chi connectivity index (χ1n) is 8.61. The standard InChI is InChI=1S/C18H29N3O/c1-18(2,21-9-11-22-12-10-21)14-20-17(15-6-7-15)13-16-5-3-4-8-19-16/h3-5,8,15,17,20H,6-7,9-14H2,1-2H3/t17-/m1/s1. The lowest BCUT2D eigenvalue weighted by Crippen LogP contribution is -2.56. The van der Waals surface area contributed by atoms with Gasteiger partial charge in [0.2, 0.25) is 0 Å². The van der Waals surface area contributed by atoms with Crippen LogP contribution in [0.4, 0.5) is 0 Å². The summed E-state index contributed by atoms with van der Waals surface area (Å²) in [5.41, 5.74) is 1.39. The predicted octanol–water partition coefficient (Wildman–Crippen LogP) is 2.10. The third-order valence-electron chi connectivity index (χ3n) is 5.01. The fourth-order valence-electron chi connectivity index (χ4n) is 3.31. The number of nitrogens with zero attached hydrogens (tertiary/aromatic N) is 2. The fourth-order valence-corrected chi connectivity index (χ4v) is 3.31. The smallest absolute Gasteiger partial charge is 0.0594 e. The number of ether oxygens (including phenoxy) is 1. The van der Waals surface area contributed by atoms with E-state index in [1.807, 2.05) is 12.3 Å². The van der Waals surface area contributed by atoms with E-state index < -0.39 is 0 Å². The molecular formula is C18H29N3O. The van der Waals surface area contributed by atoms with Crippen LogP contribution in [-0.2, 0) is 11.2 Å². The Morgan fingerprint density at radius 1 is 1.32 bits per heavy atom. The minimum atomic E-state index is 0.182. The van der Waals surface area contributed by atoms with Gasteiger partial charge in [-0.1, -0.05) is 6.07 Å². The van der Waals surface area contributed by atoms with E-state index in [9.17, 15) is 0 Å². The normalized spacial score (nSPS) is 21.7. The molecule has 1 saturated heterocycles. The second kappa shape index (κ2) is 7.07. The molecule has 0 amide bonds. The fraction of sp³-hybridized carbons (Fsp3) is 0.722. The zero-order valence-electron chi connectivity index (χ0n) is 13.9. The van der Waals surface area contributed by atoms with Crippen LogP contribution in [0.15, 0.2) is 24.4 Å². The third-order valence-corrected chi connectivity index (χ3v) is 5.01. The second-order valence-electron chi connectivity index (χ2n) is 7.26. The van der Waals surface area contributed by atoms with Gasteiger partial charge >= 0.3 is 0 Å². The van der Waals surface area contributed by atoms with E-state index >= 15 is 0 Å². The highest BCUT2D eigenvalue weighted by molar-refractivity contribution is 5.07. The van der Waals surface area contributed by atoms with Gasteiger partial charge in [-0.15, -0.1) is 0 Å². The van der Waals surface area contributed by atoms with Gasteiger partial charge in [-0.25, -0.2) is 0 Å². The highest BCUT2D eigenvalue weighted by Gasteiger charge is 2.34. The van der Waals surface area contributed by atoms with Gasteiger partial charge in [0.05, 0.1) is 13.2 Å². The summed E-state index contributed by atoms with van der Waals surface area (Å²) in [5, 5.41) is 3.85. The Labute approximate surface area is 134 Å². The van der Waals surface area contributed by atoms with Gasteiger partial charge in [-0.2, -0.15) is 0 Å². The molecule has 1 saturated carbocycles. The minimum absolute atomic E-state index is 0.182. The molecule has 0 bridgehead atoms. The Balaban J connectivity index is 1.55. The van der Waals surface area contributed by atoms with Crippen molar-refractivity contribution in [2.24, 2.45) is 5.92 Å². The van der Waals surface area contributed by atoms with E-state index in [-0.39, 0.29) is 5.54 Å². The molecule has 1 aliphatic carbocycles. The Morgan fingerprint density at radius 2 is 2.09 bits per heavy atom. The molecule has 1 aromatic rings. The Hall–Kier alpha value is -0.970. The Morgan fingerprint density at radius 3 is 2.73 bits per heavy atom. The van der Waals surface area contributed by atoms with Crippen molar-refractivity contribution in [1.82, 2.24) is 15.2 Å². The van der Waals surface area contributed by atoms with Gasteiger partial charge in [0, 0.05) is 49.5 Å². The molecule has 3 rings (SSSR count). The lowest BCUT2D eigenvalue weighted by atomic mass is 9.99. The topological polar surface area (TPSA) is 37.4 Å². The zero-order chi connectivity index (χ0) is 15.4. The number of aromatic nitrogens is 1. The van der Waals surface area contributed by atoms with Crippen molar-refractivity contribution < 1.29 is 4.74 Å². The molecule has 2 aliphatic rings. The van der Waals surface area contributed by atoms with E-state index in [1.165, 1.54) is 18.5 Å². The summed E-state index contributed by atoms with van der Waals surface area (Å²) >= 11 is 0. The van der Waals surface area contributed by atoms with Crippen molar-refractivity contribution in [2.45, 2.75) is 44.7 Å². The van der Waals surface area contributed by atoms with Crippen molar-refractivity contribution in [1.29, 1.82) is 0 Å². The molecule has 2 fully saturated rings. The molecule has 122 valence electrons. The van der Waals surface area contributed by atoms with Crippen LogP contribution >= 0.6 is 0 Å². The number of nitrogens with one attached hydrogen (secondary N) is 1. The van der Waals surface area contributed by atoms with Crippen molar-refractivity contribution >= 4 is 0 Å². The lowest BCUT2D eigenvalue weighted by Gasteiger charge is -2.41. The molecule has 22 heavy (non-hydrogen) atoms. The molecule has 0 aromatic carbocycles. The monoisotopic (exact) mass is 303 g/mol. The average molecular weight is 303 g/mol. The van der Waals surface area contributed by atoms with E-state index in [4.69, 9.17) is 4.74 Å². The second-order valence-corrected chi connectivity index (χ2v) is 7.26. The van der Waals surface area contributed by atoms with Crippen LogP contribution in [0.2, 0.25) is 0 Å². The zero-order valence-corrected chi connectivity index (χ0v) is 13.9. The molecule has 4 nitrogen and oxygen atoms in total. The van der Waals surface area contributed by atoms with Crippen molar-refractivity contribution in [3.8, 4) is 0 Å². The lowest BCUT2D eigenvalue weighted by molar-refractivity contribution is -0.0105. The molecule has 1 atom stereocenters. The van der Waals surface area contributed by atoms with Crippen LogP contribution in [0.5, 0.6) is 0 Å². The van der Waals surface area contributed by atoms with Gasteiger partial charge in [0.15, 0.2) is 0 Å². The van der Waals surface area contributed by atoms with Gasteiger partial charge in [0.1, 0.15) is 0 Å². The molecule has 4 heteroatoms. The maximum absolute atomic E-state index is 5.48. The largest absolute Gasteiger partial charge is 0.379 e. The number of rotatable bonds is 7. The first-order valence-corrected chi connectivity index (χ1v) is 8.61. The van der Waals surface area contributed by atoms with E-state index in [2.05, 4.69) is 41.2 Å². The summed E-state index contributed by atoms with van der Waals surface area (Å²) < 4.78 is 5.48. The van der Waals surface area contributed by atoms with E-state index in [0.29, 0.717) is 6.04 Å². The van der Waals surface area contributed by atoms with Crippen LogP contribution in [0, 0.1) is 5.92 Å². The summed E-state index contributed by atoms with van der Waals surface area (Å²) in [5.74, 6) is 0.836. The van der Waals surface area contributed by atoms with E-state index in [0.717, 1.165) is 45.2 Å². The molecule has 2 heterocycles. The minimum Gasteiger partial charge on any atom is -0.379 e. The first kappa shape index (κ1) is 15.9. The Kier molecular flexibility index (Phi) is 5.11. The molecule has 1 N–H and O–H groups in total. The maximum Gasteiger partial charge on any atom is 0.0594 e. The summed E-state index contributed by atoms with van der Waals surface area (Å²) in [6.45, 7) is 9.53. The maximum atomic E-state index is 5.48. The van der Waals surface area contributed by atoms with Crippen LogP contribution < -0.4 is 5.32 Å². The van der Waals surface area contributed by atoms with E-state index in [1.54, 1.807) is 0 Å². The predicted molar refractivity (Wildman–Crippen MR) is 88.9 cm³/mol. The van der Waals surface area contributed by atoms with Crippen LogP contribution in [0.1, 0.15) is 32.4 Å². The summed E-state index contributed by atoms with van der Waals surface area (Å²) in [7, 11) is 0. The van der Waals surface area contributed by atoms with Gasteiger partial charge in [0.25, 0.3) is 0 Å². The molecule has 0 spiro atoms. The summed E-state index contributed by atoms with van der Waals surface area (Å²) in [4.78, 5) is 7.05. The number of hydrogen-bond acceptors (Lipinski definition) is 4. The van der Waals surface area contributed by atoms with Crippen molar-refractivity contribution in [3.63, 3.8) is 0 Å². The van der Waals surface area contributed by atoms with Crippen molar-refractivity contribution in [3.05, 3.63) is 30.1 Å². The average Bonchev–Trinajstić information content (AvgIpc) is 3.38. The molecule has 0 radical (unpaired) electrons. The van der Waals surface area contributed by atoms with Gasteiger partial charge in [-0.3, -0.25) is 9.88 Å². The number of hydrogen-bond donors (Lipinski definition) is 1. The molecule has 1 aromatic heterocycles.